The van der Waals surface area contributed by atoms with E-state index < -0.39 is 0 Å². The van der Waals surface area contributed by atoms with Crippen molar-refractivity contribution < 1.29 is 9.18 Å². The van der Waals surface area contributed by atoms with Gasteiger partial charge in [-0.3, -0.25) is 4.79 Å². The molecule has 6 heteroatoms. The molecule has 2 heterocycles. The van der Waals surface area contributed by atoms with E-state index in [4.69, 9.17) is 0 Å². The highest BCUT2D eigenvalue weighted by Gasteiger charge is 2.29. The van der Waals surface area contributed by atoms with Crippen LogP contribution in [0.25, 0.3) is 0 Å². The Morgan fingerprint density at radius 1 is 1.27 bits per heavy atom. The minimum atomic E-state index is -0.238. The summed E-state index contributed by atoms with van der Waals surface area (Å²) in [6.07, 6.45) is 5.01. The Balaban J connectivity index is 1.59. The fourth-order valence-electron chi connectivity index (χ4n) is 3.27. The van der Waals surface area contributed by atoms with E-state index in [0.717, 1.165) is 42.0 Å². The molecular formula is C20H25FN4O. The van der Waals surface area contributed by atoms with E-state index in [2.05, 4.69) is 22.2 Å². The van der Waals surface area contributed by atoms with Crippen molar-refractivity contribution >= 4 is 11.7 Å². The molecule has 138 valence electrons. The van der Waals surface area contributed by atoms with Gasteiger partial charge in [-0.2, -0.15) is 0 Å². The lowest BCUT2D eigenvalue weighted by atomic mass is 10.1. The number of nitrogens with one attached hydrogen (secondary N) is 1. The minimum absolute atomic E-state index is 0.0561. The molecule has 1 aromatic carbocycles. The lowest BCUT2D eigenvalue weighted by molar-refractivity contribution is -0.127. The monoisotopic (exact) mass is 356 g/mol. The van der Waals surface area contributed by atoms with Crippen molar-refractivity contribution in [2.75, 3.05) is 18.4 Å². The minimum Gasteiger partial charge on any atom is -0.365 e. The van der Waals surface area contributed by atoms with Crippen LogP contribution in [0.4, 0.5) is 10.2 Å². The Labute approximate surface area is 153 Å². The normalized spacial score (nSPS) is 17.0. The molecular weight excluding hydrogens is 331 g/mol. The molecule has 2 aromatic rings. The van der Waals surface area contributed by atoms with Gasteiger partial charge in [-0.05, 0) is 37.5 Å². The lowest BCUT2D eigenvalue weighted by Crippen LogP contribution is -2.30. The summed E-state index contributed by atoms with van der Waals surface area (Å²) < 4.78 is 13.0. The summed E-state index contributed by atoms with van der Waals surface area (Å²) in [7, 11) is 0. The van der Waals surface area contributed by atoms with Crippen LogP contribution in [-0.4, -0.2) is 39.9 Å². The molecule has 1 aliphatic rings. The van der Waals surface area contributed by atoms with Gasteiger partial charge in [0.1, 0.15) is 17.5 Å². The summed E-state index contributed by atoms with van der Waals surface area (Å²) >= 11 is 0. The zero-order valence-electron chi connectivity index (χ0n) is 15.3. The fourth-order valence-corrected chi connectivity index (χ4v) is 3.27. The van der Waals surface area contributed by atoms with Crippen LogP contribution in [0.3, 0.4) is 0 Å². The Morgan fingerprint density at radius 2 is 2.04 bits per heavy atom. The van der Waals surface area contributed by atoms with Crippen LogP contribution in [0.2, 0.25) is 0 Å². The van der Waals surface area contributed by atoms with E-state index in [1.165, 1.54) is 12.1 Å². The molecule has 0 radical (unpaired) electrons. The number of benzene rings is 1. The van der Waals surface area contributed by atoms with Crippen LogP contribution >= 0.6 is 0 Å². The molecule has 1 aliphatic heterocycles. The Kier molecular flexibility index (Phi) is 5.81. The van der Waals surface area contributed by atoms with Crippen molar-refractivity contribution in [2.24, 2.45) is 0 Å². The van der Waals surface area contributed by atoms with Gasteiger partial charge >= 0.3 is 0 Å². The number of aryl methyl sites for hydroxylation is 2. The Morgan fingerprint density at radius 3 is 2.77 bits per heavy atom. The number of aromatic nitrogens is 2. The molecule has 0 bridgehead atoms. The van der Waals surface area contributed by atoms with Gasteiger partial charge in [-0.25, -0.2) is 14.4 Å². The van der Waals surface area contributed by atoms with Crippen LogP contribution in [0.1, 0.15) is 36.7 Å². The summed E-state index contributed by atoms with van der Waals surface area (Å²) in [5.74, 6) is 1.48. The maximum absolute atomic E-state index is 13.0. The second kappa shape index (κ2) is 8.25. The number of rotatable bonds is 7. The highest BCUT2D eigenvalue weighted by atomic mass is 19.1. The summed E-state index contributed by atoms with van der Waals surface area (Å²) in [6, 6.07) is 6.51. The van der Waals surface area contributed by atoms with E-state index in [1.54, 1.807) is 12.1 Å². The molecule has 0 spiro atoms. The van der Waals surface area contributed by atoms with E-state index in [9.17, 15) is 9.18 Å². The van der Waals surface area contributed by atoms with E-state index in [-0.39, 0.29) is 17.8 Å². The summed E-state index contributed by atoms with van der Waals surface area (Å²) in [4.78, 5) is 23.0. The summed E-state index contributed by atoms with van der Waals surface area (Å²) in [5, 5.41) is 3.44. The van der Waals surface area contributed by atoms with Gasteiger partial charge in [-0.15, -0.1) is 0 Å². The average Bonchev–Trinajstić information content (AvgIpc) is 2.96. The first kappa shape index (κ1) is 18.3. The fraction of sp³-hybridized carbons (Fsp3) is 0.450. The molecule has 1 N–H and O–H groups in total. The van der Waals surface area contributed by atoms with Gasteiger partial charge in [0.15, 0.2) is 0 Å². The molecule has 1 fully saturated rings. The maximum atomic E-state index is 13.0. The van der Waals surface area contributed by atoms with Crippen molar-refractivity contribution in [3.05, 3.63) is 53.2 Å². The third-order valence-electron chi connectivity index (χ3n) is 4.64. The van der Waals surface area contributed by atoms with Gasteiger partial charge in [0.25, 0.3) is 0 Å². The first-order valence-corrected chi connectivity index (χ1v) is 9.16. The van der Waals surface area contributed by atoms with Crippen molar-refractivity contribution in [1.82, 2.24) is 14.9 Å². The van der Waals surface area contributed by atoms with E-state index in [1.807, 2.05) is 18.0 Å². The Hall–Kier alpha value is -2.50. The van der Waals surface area contributed by atoms with Crippen molar-refractivity contribution in [2.45, 2.75) is 45.6 Å². The number of anilines is 1. The van der Waals surface area contributed by atoms with Crippen LogP contribution in [0.15, 0.2) is 30.5 Å². The predicted octanol–water partition coefficient (Wildman–Crippen LogP) is 3.13. The zero-order valence-corrected chi connectivity index (χ0v) is 15.3. The molecule has 0 aliphatic carbocycles. The SMILES string of the molecule is CCCc1cnc(C)nc1N[C@@H]1CC(=O)N(CCc2ccc(F)cc2)C1. The topological polar surface area (TPSA) is 58.1 Å². The van der Waals surface area contributed by atoms with E-state index in [0.29, 0.717) is 19.5 Å². The summed E-state index contributed by atoms with van der Waals surface area (Å²) in [5.41, 5.74) is 2.13. The lowest BCUT2D eigenvalue weighted by Gasteiger charge is -2.18. The van der Waals surface area contributed by atoms with Gasteiger partial charge < -0.3 is 10.2 Å². The molecule has 0 unspecified atom stereocenters. The third-order valence-corrected chi connectivity index (χ3v) is 4.64. The molecule has 0 saturated carbocycles. The van der Waals surface area contributed by atoms with Crippen LogP contribution < -0.4 is 5.32 Å². The first-order chi connectivity index (χ1) is 12.5. The van der Waals surface area contributed by atoms with Gasteiger partial charge in [0.2, 0.25) is 5.91 Å². The second-order valence-electron chi connectivity index (χ2n) is 6.80. The third kappa shape index (κ3) is 4.56. The number of carbonyl (C=O) groups is 1. The molecule has 1 atom stereocenters. The standard InChI is InChI=1S/C20H25FN4O/c1-3-4-16-12-22-14(2)23-20(16)24-18-11-19(26)25(13-18)10-9-15-5-7-17(21)8-6-15/h5-8,12,18H,3-4,9-11,13H2,1-2H3,(H,22,23,24)/t18-/m1/s1. The van der Waals surface area contributed by atoms with Gasteiger partial charge in [0.05, 0.1) is 6.04 Å². The maximum Gasteiger partial charge on any atom is 0.224 e. The van der Waals surface area contributed by atoms with Crippen molar-refractivity contribution in [3.63, 3.8) is 0 Å². The zero-order chi connectivity index (χ0) is 18.5. The smallest absolute Gasteiger partial charge is 0.224 e. The second-order valence-corrected chi connectivity index (χ2v) is 6.80. The number of likely N-dealkylation sites (tertiary alicyclic amines) is 1. The quantitative estimate of drug-likeness (QED) is 0.828. The van der Waals surface area contributed by atoms with Gasteiger partial charge in [0, 0.05) is 31.3 Å². The molecule has 1 saturated heterocycles. The number of nitrogens with zero attached hydrogens (tertiary/aromatic N) is 3. The first-order valence-electron chi connectivity index (χ1n) is 9.16. The van der Waals surface area contributed by atoms with Gasteiger partial charge in [-0.1, -0.05) is 25.5 Å². The van der Waals surface area contributed by atoms with Crippen LogP contribution in [-0.2, 0) is 17.6 Å². The van der Waals surface area contributed by atoms with Crippen LogP contribution in [0, 0.1) is 12.7 Å². The largest absolute Gasteiger partial charge is 0.365 e. The van der Waals surface area contributed by atoms with E-state index >= 15 is 0 Å². The molecule has 1 aromatic heterocycles. The molecule has 5 nitrogen and oxygen atoms in total. The molecule has 3 rings (SSSR count). The van der Waals surface area contributed by atoms with Crippen LogP contribution in [0.5, 0.6) is 0 Å². The highest BCUT2D eigenvalue weighted by molar-refractivity contribution is 5.80. The number of hydrogen-bond donors (Lipinski definition) is 1. The highest BCUT2D eigenvalue weighted by Crippen LogP contribution is 2.20. The number of hydrogen-bond acceptors (Lipinski definition) is 4. The van der Waals surface area contributed by atoms with Crippen molar-refractivity contribution in [3.8, 4) is 0 Å². The predicted molar refractivity (Wildman–Crippen MR) is 99.5 cm³/mol. The molecule has 1 amide bonds. The number of halogens is 1. The number of amides is 1. The summed E-state index contributed by atoms with van der Waals surface area (Å²) in [6.45, 7) is 5.30. The molecule has 26 heavy (non-hydrogen) atoms. The Bertz CT molecular complexity index is 763. The van der Waals surface area contributed by atoms with Crippen molar-refractivity contribution in [1.29, 1.82) is 0 Å². The number of carbonyl (C=O) groups excluding carboxylic acids is 1. The average molecular weight is 356 g/mol.